The highest BCUT2D eigenvalue weighted by Crippen LogP contribution is 2.25. The van der Waals surface area contributed by atoms with Gasteiger partial charge in [-0.2, -0.15) is 0 Å². The van der Waals surface area contributed by atoms with Crippen LogP contribution in [0.2, 0.25) is 5.02 Å². The molecule has 3 aromatic rings. The zero-order valence-corrected chi connectivity index (χ0v) is 13.9. The third-order valence-corrected chi connectivity index (χ3v) is 4.08. The molecule has 0 saturated heterocycles. The number of aliphatic imine (C=N–C) groups is 1. The Morgan fingerprint density at radius 2 is 2.08 bits per heavy atom. The molecule has 0 aliphatic carbocycles. The Labute approximate surface area is 143 Å². The Morgan fingerprint density at radius 3 is 2.75 bits per heavy atom. The van der Waals surface area contributed by atoms with Crippen molar-refractivity contribution in [1.82, 2.24) is 4.57 Å². The summed E-state index contributed by atoms with van der Waals surface area (Å²) < 4.78 is 7.15. The molecule has 2 aromatic heterocycles. The first-order chi connectivity index (χ1) is 11.5. The van der Waals surface area contributed by atoms with E-state index in [0.29, 0.717) is 5.88 Å². The first-order valence-electron chi connectivity index (χ1n) is 7.27. The lowest BCUT2D eigenvalue weighted by Crippen LogP contribution is -2.03. The van der Waals surface area contributed by atoms with E-state index in [1.165, 1.54) is 0 Å². The molecule has 0 spiro atoms. The summed E-state index contributed by atoms with van der Waals surface area (Å²) >= 11 is 5.95. The van der Waals surface area contributed by atoms with Crippen molar-refractivity contribution in [2.24, 2.45) is 4.99 Å². The highest BCUT2D eigenvalue weighted by Gasteiger charge is 2.14. The molecule has 0 bridgehead atoms. The van der Waals surface area contributed by atoms with Crippen LogP contribution in [0.25, 0.3) is 5.69 Å². The third kappa shape index (κ3) is 2.98. The predicted molar refractivity (Wildman–Crippen MR) is 93.2 cm³/mol. The van der Waals surface area contributed by atoms with E-state index in [-0.39, 0.29) is 10.6 Å². The van der Waals surface area contributed by atoms with Crippen LogP contribution in [0, 0.1) is 13.8 Å². The fraction of sp³-hybridized carbons (Fsp3) is 0.111. The maximum atomic E-state index is 11.3. The topological polar surface area (TPSA) is 67.7 Å². The summed E-state index contributed by atoms with van der Waals surface area (Å²) in [5.41, 5.74) is 3.65. The van der Waals surface area contributed by atoms with E-state index in [4.69, 9.17) is 16.0 Å². The summed E-state index contributed by atoms with van der Waals surface area (Å²) in [6, 6.07) is 10.5. The minimum atomic E-state index is -1.05. The van der Waals surface area contributed by atoms with E-state index in [2.05, 4.69) is 4.99 Å². The van der Waals surface area contributed by atoms with E-state index in [1.807, 2.05) is 24.5 Å². The summed E-state index contributed by atoms with van der Waals surface area (Å²) in [5, 5.41) is 9.46. The van der Waals surface area contributed by atoms with Crippen LogP contribution in [-0.4, -0.2) is 21.9 Å². The number of benzene rings is 1. The average Bonchev–Trinajstić information content (AvgIpc) is 3.14. The lowest BCUT2D eigenvalue weighted by atomic mass is 10.2. The van der Waals surface area contributed by atoms with Crippen LogP contribution in [0.15, 0.2) is 52.1 Å². The molecule has 0 fully saturated rings. The number of aryl methyl sites for hydroxylation is 1. The average molecular weight is 343 g/mol. The highest BCUT2D eigenvalue weighted by molar-refractivity contribution is 6.33. The van der Waals surface area contributed by atoms with Crippen LogP contribution >= 0.6 is 11.6 Å². The summed E-state index contributed by atoms with van der Waals surface area (Å²) in [4.78, 5) is 15.6. The normalized spacial score (nSPS) is 11.3. The fourth-order valence-electron chi connectivity index (χ4n) is 2.61. The molecule has 0 aliphatic heterocycles. The standard InChI is InChI=1S/C18H15ClN2O3/c1-11-8-13(10-20-17-4-3-7-24-17)12(2)21(11)14-5-6-16(19)15(9-14)18(22)23/h3-10H,1-2H3,(H,22,23). The molecule has 5 nitrogen and oxygen atoms in total. The number of aromatic nitrogens is 1. The van der Waals surface area contributed by atoms with Crippen molar-refractivity contribution in [3.05, 3.63) is 70.2 Å². The molecule has 2 heterocycles. The Morgan fingerprint density at radius 1 is 1.29 bits per heavy atom. The van der Waals surface area contributed by atoms with Crippen molar-refractivity contribution in [2.75, 3.05) is 0 Å². The monoisotopic (exact) mass is 342 g/mol. The Balaban J connectivity index is 2.03. The number of carboxylic acids is 1. The number of carbonyl (C=O) groups is 1. The largest absolute Gasteiger partial charge is 0.478 e. The molecule has 0 unspecified atom stereocenters. The zero-order valence-electron chi connectivity index (χ0n) is 13.2. The van der Waals surface area contributed by atoms with Crippen LogP contribution in [0.3, 0.4) is 0 Å². The first kappa shape index (κ1) is 16.1. The molecule has 122 valence electrons. The summed E-state index contributed by atoms with van der Waals surface area (Å²) in [5.74, 6) is -0.525. The first-order valence-corrected chi connectivity index (χ1v) is 7.65. The van der Waals surface area contributed by atoms with Crippen molar-refractivity contribution < 1.29 is 14.3 Å². The number of rotatable bonds is 4. The molecule has 1 aromatic carbocycles. The molecule has 0 amide bonds. The number of furan rings is 1. The maximum absolute atomic E-state index is 11.3. The Hall–Kier alpha value is -2.79. The van der Waals surface area contributed by atoms with Crippen molar-refractivity contribution in [1.29, 1.82) is 0 Å². The van der Waals surface area contributed by atoms with Crippen molar-refractivity contribution >= 4 is 29.7 Å². The number of halogens is 1. The fourth-order valence-corrected chi connectivity index (χ4v) is 2.81. The zero-order chi connectivity index (χ0) is 17.3. The van der Waals surface area contributed by atoms with Gasteiger partial charge in [0.2, 0.25) is 5.88 Å². The van der Waals surface area contributed by atoms with E-state index < -0.39 is 5.97 Å². The quantitative estimate of drug-likeness (QED) is 0.693. The number of carboxylic acid groups (broad SMARTS) is 1. The van der Waals surface area contributed by atoms with E-state index >= 15 is 0 Å². The molecular formula is C18H15ClN2O3. The number of nitrogens with zero attached hydrogens (tertiary/aromatic N) is 2. The lowest BCUT2D eigenvalue weighted by Gasteiger charge is -2.11. The smallest absolute Gasteiger partial charge is 0.337 e. The van der Waals surface area contributed by atoms with Gasteiger partial charge in [0.25, 0.3) is 0 Å². The van der Waals surface area contributed by atoms with Gasteiger partial charge in [-0.05, 0) is 44.2 Å². The van der Waals surface area contributed by atoms with Crippen LogP contribution < -0.4 is 0 Å². The summed E-state index contributed by atoms with van der Waals surface area (Å²) in [6.45, 7) is 3.90. The summed E-state index contributed by atoms with van der Waals surface area (Å²) in [7, 11) is 0. The van der Waals surface area contributed by atoms with Gasteiger partial charge in [-0.3, -0.25) is 0 Å². The molecule has 3 rings (SSSR count). The van der Waals surface area contributed by atoms with Crippen molar-refractivity contribution in [3.63, 3.8) is 0 Å². The van der Waals surface area contributed by atoms with Crippen LogP contribution in [0.5, 0.6) is 0 Å². The Kier molecular flexibility index (Phi) is 4.27. The second-order valence-electron chi connectivity index (χ2n) is 5.34. The van der Waals surface area contributed by atoms with Crippen LogP contribution in [0.4, 0.5) is 5.88 Å². The van der Waals surface area contributed by atoms with E-state index in [1.54, 1.807) is 42.8 Å². The molecule has 6 heteroatoms. The second-order valence-corrected chi connectivity index (χ2v) is 5.75. The number of hydrogen-bond donors (Lipinski definition) is 1. The van der Waals surface area contributed by atoms with E-state index in [9.17, 15) is 9.90 Å². The molecule has 0 aliphatic rings. The van der Waals surface area contributed by atoms with E-state index in [0.717, 1.165) is 22.6 Å². The van der Waals surface area contributed by atoms with Gasteiger partial charge < -0.3 is 14.1 Å². The van der Waals surface area contributed by atoms with Gasteiger partial charge in [0.15, 0.2) is 0 Å². The SMILES string of the molecule is Cc1cc(C=Nc2ccco2)c(C)n1-c1ccc(Cl)c(C(=O)O)c1. The summed E-state index contributed by atoms with van der Waals surface area (Å²) in [6.07, 6.45) is 3.29. The number of aromatic carboxylic acids is 1. The molecule has 1 N–H and O–H groups in total. The van der Waals surface area contributed by atoms with Gasteiger partial charge >= 0.3 is 5.97 Å². The maximum Gasteiger partial charge on any atom is 0.337 e. The third-order valence-electron chi connectivity index (χ3n) is 3.75. The second kappa shape index (κ2) is 6.37. The number of hydrogen-bond acceptors (Lipinski definition) is 3. The van der Waals surface area contributed by atoms with Gasteiger partial charge in [-0.1, -0.05) is 11.6 Å². The molecule has 0 saturated carbocycles. The van der Waals surface area contributed by atoms with Crippen molar-refractivity contribution in [2.45, 2.75) is 13.8 Å². The molecule has 0 radical (unpaired) electrons. The minimum Gasteiger partial charge on any atom is -0.478 e. The molecule has 0 atom stereocenters. The Bertz CT molecular complexity index is 924. The predicted octanol–water partition coefficient (Wildman–Crippen LogP) is 4.79. The lowest BCUT2D eigenvalue weighted by molar-refractivity contribution is 0.0697. The highest BCUT2D eigenvalue weighted by atomic mass is 35.5. The van der Waals surface area contributed by atoms with Gasteiger partial charge in [-0.15, -0.1) is 0 Å². The van der Waals surface area contributed by atoms with Crippen LogP contribution in [-0.2, 0) is 0 Å². The molecular weight excluding hydrogens is 328 g/mol. The van der Waals surface area contributed by atoms with Crippen molar-refractivity contribution in [3.8, 4) is 5.69 Å². The van der Waals surface area contributed by atoms with Gasteiger partial charge in [0.1, 0.15) is 0 Å². The van der Waals surface area contributed by atoms with Gasteiger partial charge in [0, 0.05) is 34.9 Å². The van der Waals surface area contributed by atoms with Gasteiger partial charge in [-0.25, -0.2) is 9.79 Å². The van der Waals surface area contributed by atoms with Crippen LogP contribution in [0.1, 0.15) is 27.3 Å². The molecule has 24 heavy (non-hydrogen) atoms. The minimum absolute atomic E-state index is 0.0764. The van der Waals surface area contributed by atoms with Gasteiger partial charge in [0.05, 0.1) is 16.8 Å².